The summed E-state index contributed by atoms with van der Waals surface area (Å²) < 4.78 is 22.3. The molecule has 6 heteroatoms. The van der Waals surface area contributed by atoms with Crippen molar-refractivity contribution in [1.29, 1.82) is 0 Å². The van der Waals surface area contributed by atoms with E-state index in [1.165, 1.54) is 17.2 Å². The molecule has 3 aromatic rings. The summed E-state index contributed by atoms with van der Waals surface area (Å²) in [6.45, 7) is 3.39. The zero-order chi connectivity index (χ0) is 19.7. The quantitative estimate of drug-likeness (QED) is 0.686. The van der Waals surface area contributed by atoms with E-state index in [4.69, 9.17) is 18.6 Å². The van der Waals surface area contributed by atoms with Gasteiger partial charge in [-0.15, -0.1) is 0 Å². The van der Waals surface area contributed by atoms with Crippen LogP contribution in [0.1, 0.15) is 22.7 Å². The number of hydrogen-bond acceptors (Lipinski definition) is 5. The van der Waals surface area contributed by atoms with Gasteiger partial charge in [0.15, 0.2) is 11.5 Å². The molecule has 146 valence electrons. The van der Waals surface area contributed by atoms with Crippen molar-refractivity contribution in [3.63, 3.8) is 0 Å². The second-order valence-electron chi connectivity index (χ2n) is 7.00. The zero-order valence-electron chi connectivity index (χ0n) is 16.3. The van der Waals surface area contributed by atoms with E-state index < -0.39 is 0 Å². The highest BCUT2D eigenvalue weighted by Gasteiger charge is 2.26. The molecule has 1 aromatic heterocycles. The van der Waals surface area contributed by atoms with Gasteiger partial charge < -0.3 is 23.9 Å². The Morgan fingerprint density at radius 1 is 1.11 bits per heavy atom. The number of benzene rings is 2. The molecular formula is C22H24NO5+. The van der Waals surface area contributed by atoms with Crippen LogP contribution in [0.25, 0.3) is 11.0 Å². The van der Waals surface area contributed by atoms with Crippen LogP contribution < -0.4 is 25.2 Å². The molecule has 6 nitrogen and oxygen atoms in total. The van der Waals surface area contributed by atoms with E-state index in [0.29, 0.717) is 17.9 Å². The molecular weight excluding hydrogens is 358 g/mol. The highest BCUT2D eigenvalue weighted by molar-refractivity contribution is 5.81. The third kappa shape index (κ3) is 3.43. The molecule has 0 spiro atoms. The van der Waals surface area contributed by atoms with Crippen LogP contribution in [0.4, 0.5) is 0 Å². The maximum atomic E-state index is 11.6. The van der Waals surface area contributed by atoms with Gasteiger partial charge in [-0.25, -0.2) is 4.79 Å². The Morgan fingerprint density at radius 2 is 1.89 bits per heavy atom. The van der Waals surface area contributed by atoms with Crippen LogP contribution in [0.2, 0.25) is 0 Å². The summed E-state index contributed by atoms with van der Waals surface area (Å²) in [5.74, 6) is 2.16. The van der Waals surface area contributed by atoms with Gasteiger partial charge in [0.05, 0.1) is 20.8 Å². The minimum Gasteiger partial charge on any atom is -0.493 e. The highest BCUT2D eigenvalue weighted by atomic mass is 16.5. The number of ether oxygens (including phenoxy) is 3. The smallest absolute Gasteiger partial charge is 0.336 e. The van der Waals surface area contributed by atoms with E-state index in [1.807, 2.05) is 25.1 Å². The molecule has 1 aliphatic rings. The molecule has 0 fully saturated rings. The number of hydrogen-bond donors (Lipinski definition) is 1. The van der Waals surface area contributed by atoms with Crippen molar-refractivity contribution in [2.75, 3.05) is 27.4 Å². The predicted octanol–water partition coefficient (Wildman–Crippen LogP) is 2.36. The Hall–Kier alpha value is -2.99. The van der Waals surface area contributed by atoms with Crippen LogP contribution >= 0.6 is 0 Å². The van der Waals surface area contributed by atoms with Crippen LogP contribution in [0, 0.1) is 6.92 Å². The highest BCUT2D eigenvalue weighted by Crippen LogP contribution is 2.34. The Morgan fingerprint density at radius 3 is 2.68 bits per heavy atom. The zero-order valence-corrected chi connectivity index (χ0v) is 16.3. The summed E-state index contributed by atoms with van der Waals surface area (Å²) in [7, 11) is 3.30. The summed E-state index contributed by atoms with van der Waals surface area (Å²) in [5.41, 5.74) is 3.55. The van der Waals surface area contributed by atoms with Crippen LogP contribution in [0.3, 0.4) is 0 Å². The molecule has 1 aliphatic heterocycles. The first kappa shape index (κ1) is 18.4. The number of quaternary nitrogens is 1. The lowest BCUT2D eigenvalue weighted by Gasteiger charge is -2.25. The maximum Gasteiger partial charge on any atom is 0.336 e. The first-order valence-corrected chi connectivity index (χ1v) is 9.34. The molecule has 0 saturated heterocycles. The molecule has 0 saturated carbocycles. The lowest BCUT2D eigenvalue weighted by Crippen LogP contribution is -2.88. The molecule has 2 aromatic carbocycles. The monoisotopic (exact) mass is 382 g/mol. The third-order valence-corrected chi connectivity index (χ3v) is 5.26. The normalized spacial score (nSPS) is 15.9. The minimum absolute atomic E-state index is 0.156. The van der Waals surface area contributed by atoms with Crippen LogP contribution in [-0.2, 0) is 6.42 Å². The summed E-state index contributed by atoms with van der Waals surface area (Å²) in [6.07, 6.45) is 0.979. The average molecular weight is 382 g/mol. The number of rotatable bonds is 5. The summed E-state index contributed by atoms with van der Waals surface area (Å²) >= 11 is 0. The molecule has 0 aliphatic carbocycles. The number of fused-ring (bicyclic) bond motifs is 2. The first-order chi connectivity index (χ1) is 13.6. The fraction of sp³-hybridized carbons (Fsp3) is 0.318. The van der Waals surface area contributed by atoms with Gasteiger partial charge in [-0.3, -0.25) is 0 Å². The molecule has 0 amide bonds. The van der Waals surface area contributed by atoms with Crippen molar-refractivity contribution >= 4 is 11.0 Å². The number of methoxy groups -OCH3 is 2. The fourth-order valence-corrected chi connectivity index (χ4v) is 3.80. The minimum atomic E-state index is -0.349. The van der Waals surface area contributed by atoms with Crippen molar-refractivity contribution in [1.82, 2.24) is 0 Å². The van der Waals surface area contributed by atoms with Crippen molar-refractivity contribution in [2.45, 2.75) is 19.4 Å². The first-order valence-electron chi connectivity index (χ1n) is 9.34. The largest absolute Gasteiger partial charge is 0.493 e. The summed E-state index contributed by atoms with van der Waals surface area (Å²) in [4.78, 5) is 11.6. The van der Waals surface area contributed by atoms with Crippen LogP contribution in [0.15, 0.2) is 45.6 Å². The van der Waals surface area contributed by atoms with Crippen molar-refractivity contribution < 1.29 is 23.9 Å². The Labute approximate surface area is 163 Å². The van der Waals surface area contributed by atoms with Gasteiger partial charge in [-0.1, -0.05) is 0 Å². The van der Waals surface area contributed by atoms with Gasteiger partial charge in [-0.05, 0) is 42.3 Å². The van der Waals surface area contributed by atoms with Crippen molar-refractivity contribution in [2.24, 2.45) is 0 Å². The molecule has 0 unspecified atom stereocenters. The van der Waals surface area contributed by atoms with Gasteiger partial charge in [0, 0.05) is 29.5 Å². The predicted molar refractivity (Wildman–Crippen MR) is 105 cm³/mol. The SMILES string of the molecule is COc1cc2c(cc1OC)[C@@H](COc1ccc3c(C)cc(=O)oc3c1)[NH2+]CC2. The van der Waals surface area contributed by atoms with E-state index >= 15 is 0 Å². The second kappa shape index (κ2) is 7.56. The van der Waals surface area contributed by atoms with Gasteiger partial charge in [-0.2, -0.15) is 0 Å². The lowest BCUT2D eigenvalue weighted by atomic mass is 9.94. The van der Waals surface area contributed by atoms with Gasteiger partial charge >= 0.3 is 5.63 Å². The van der Waals surface area contributed by atoms with E-state index in [0.717, 1.165) is 35.4 Å². The van der Waals surface area contributed by atoms with Crippen LogP contribution in [0.5, 0.6) is 17.2 Å². The van der Waals surface area contributed by atoms with E-state index in [9.17, 15) is 4.79 Å². The molecule has 0 radical (unpaired) electrons. The average Bonchev–Trinajstić information content (AvgIpc) is 2.70. The molecule has 28 heavy (non-hydrogen) atoms. The summed E-state index contributed by atoms with van der Waals surface area (Å²) in [6, 6.07) is 11.4. The second-order valence-corrected chi connectivity index (χ2v) is 7.00. The fourth-order valence-electron chi connectivity index (χ4n) is 3.80. The van der Waals surface area contributed by atoms with E-state index in [1.54, 1.807) is 20.3 Å². The summed E-state index contributed by atoms with van der Waals surface area (Å²) in [5, 5.41) is 3.19. The molecule has 2 heterocycles. The molecule has 0 bridgehead atoms. The molecule has 1 atom stereocenters. The van der Waals surface area contributed by atoms with Crippen LogP contribution in [-0.4, -0.2) is 27.4 Å². The van der Waals surface area contributed by atoms with Gasteiger partial charge in [0.1, 0.15) is 24.0 Å². The Balaban J connectivity index is 1.58. The number of nitrogens with two attached hydrogens (primary N) is 1. The Kier molecular flexibility index (Phi) is 4.96. The maximum absolute atomic E-state index is 11.6. The van der Waals surface area contributed by atoms with Gasteiger partial charge in [0.25, 0.3) is 0 Å². The topological polar surface area (TPSA) is 74.5 Å². The van der Waals surface area contributed by atoms with Crippen molar-refractivity contribution in [3.05, 3.63) is 63.5 Å². The Bertz CT molecular complexity index is 1070. The van der Waals surface area contributed by atoms with E-state index in [2.05, 4.69) is 11.4 Å². The lowest BCUT2D eigenvalue weighted by molar-refractivity contribution is -0.700. The standard InChI is InChI=1S/C22H23NO5/c1-13-8-22(24)28-19-10-15(4-5-16(13)19)27-12-18-17-11-21(26-3)20(25-2)9-14(17)6-7-23-18/h4-5,8-11,18,23H,6-7,12H2,1-3H3/p+1/t18-/m1/s1. The molecule has 4 rings (SSSR count). The third-order valence-electron chi connectivity index (χ3n) is 5.26. The van der Waals surface area contributed by atoms with Crippen molar-refractivity contribution in [3.8, 4) is 17.2 Å². The molecule has 2 N–H and O–H groups in total. The number of aryl methyl sites for hydroxylation is 1. The van der Waals surface area contributed by atoms with Gasteiger partial charge in [0.2, 0.25) is 0 Å². The van der Waals surface area contributed by atoms with E-state index in [-0.39, 0.29) is 11.7 Å².